The van der Waals surface area contributed by atoms with Crippen LogP contribution < -0.4 is 0 Å². The molecule has 2 aromatic carbocycles. The lowest BCUT2D eigenvalue weighted by Crippen LogP contribution is -1.93. The maximum absolute atomic E-state index is 4.56. The molecule has 2 heterocycles. The number of hydrogen-bond acceptors (Lipinski definition) is 1. The molecule has 0 aliphatic heterocycles. The summed E-state index contributed by atoms with van der Waals surface area (Å²) in [6.07, 6.45) is 1.93. The molecule has 90 valence electrons. The largest absolute Gasteiger partial charge is 0.233 e. The van der Waals surface area contributed by atoms with Crippen molar-refractivity contribution in [1.29, 1.82) is 0 Å². The maximum Gasteiger partial charge on any atom is 0.0732 e. The third-order valence-corrected chi connectivity index (χ3v) is 3.47. The van der Waals surface area contributed by atoms with Crippen molar-refractivity contribution in [2.45, 2.75) is 0 Å². The normalized spacial score (nSPS) is 11.2. The number of rotatable bonds is 1. The Morgan fingerprint density at radius 2 is 1.53 bits per heavy atom. The Hall–Kier alpha value is -2.61. The number of nitrogens with zero attached hydrogens (tertiary/aromatic N) is 2. The van der Waals surface area contributed by atoms with E-state index in [4.69, 9.17) is 0 Å². The molecule has 0 aliphatic rings. The standard InChI is InChI=1S/C17H12N2/c1-2-6-13(7-3-1)16-10-11-17-15-9-5-4-8-14(15)12-18-19(16)17/h1-12H. The number of fused-ring (bicyclic) bond motifs is 3. The third-order valence-electron chi connectivity index (χ3n) is 3.47. The minimum atomic E-state index is 1.13. The number of hydrogen-bond donors (Lipinski definition) is 0. The lowest BCUT2D eigenvalue weighted by Gasteiger charge is -2.04. The molecule has 2 aromatic heterocycles. The zero-order valence-electron chi connectivity index (χ0n) is 10.3. The van der Waals surface area contributed by atoms with E-state index in [0.717, 1.165) is 11.2 Å². The molecular weight excluding hydrogens is 232 g/mol. The minimum Gasteiger partial charge on any atom is -0.233 e. The Balaban J connectivity index is 2.08. The van der Waals surface area contributed by atoms with Crippen molar-refractivity contribution in [3.05, 3.63) is 72.9 Å². The molecule has 2 heteroatoms. The summed E-state index contributed by atoms with van der Waals surface area (Å²) in [4.78, 5) is 0. The fourth-order valence-corrected chi connectivity index (χ4v) is 2.55. The molecule has 0 atom stereocenters. The van der Waals surface area contributed by atoms with Gasteiger partial charge < -0.3 is 0 Å². The maximum atomic E-state index is 4.56. The topological polar surface area (TPSA) is 17.3 Å². The van der Waals surface area contributed by atoms with Crippen LogP contribution in [0.1, 0.15) is 0 Å². The molecule has 0 fully saturated rings. The average molecular weight is 244 g/mol. The predicted octanol–water partition coefficient (Wildman–Crippen LogP) is 4.15. The van der Waals surface area contributed by atoms with E-state index < -0.39 is 0 Å². The van der Waals surface area contributed by atoms with E-state index in [1.54, 1.807) is 0 Å². The number of aromatic nitrogens is 2. The van der Waals surface area contributed by atoms with Gasteiger partial charge in [0, 0.05) is 16.3 Å². The highest BCUT2D eigenvalue weighted by Gasteiger charge is 2.07. The second-order valence-electron chi connectivity index (χ2n) is 4.61. The molecule has 0 saturated carbocycles. The highest BCUT2D eigenvalue weighted by Crippen LogP contribution is 2.26. The first-order valence-corrected chi connectivity index (χ1v) is 6.34. The quantitative estimate of drug-likeness (QED) is 0.491. The van der Waals surface area contributed by atoms with Gasteiger partial charge in [-0.1, -0.05) is 54.6 Å². The Labute approximate surface area is 110 Å². The molecule has 0 aliphatic carbocycles. The highest BCUT2D eigenvalue weighted by molar-refractivity contribution is 5.96. The highest BCUT2D eigenvalue weighted by atomic mass is 15.2. The van der Waals surface area contributed by atoms with Crippen LogP contribution in [0.25, 0.3) is 27.5 Å². The first-order chi connectivity index (χ1) is 9.43. The van der Waals surface area contributed by atoms with Crippen LogP contribution in [0.3, 0.4) is 0 Å². The molecule has 2 nitrogen and oxygen atoms in total. The molecule has 4 aromatic rings. The van der Waals surface area contributed by atoms with Gasteiger partial charge in [0.25, 0.3) is 0 Å². The van der Waals surface area contributed by atoms with Crippen LogP contribution in [0.5, 0.6) is 0 Å². The summed E-state index contributed by atoms with van der Waals surface area (Å²) in [6, 6.07) is 23.0. The van der Waals surface area contributed by atoms with Crippen LogP contribution in [0.2, 0.25) is 0 Å². The summed E-state index contributed by atoms with van der Waals surface area (Å²) in [7, 11) is 0. The van der Waals surface area contributed by atoms with E-state index in [0.29, 0.717) is 0 Å². The van der Waals surface area contributed by atoms with E-state index in [-0.39, 0.29) is 0 Å². The van der Waals surface area contributed by atoms with Gasteiger partial charge in [-0.15, -0.1) is 0 Å². The smallest absolute Gasteiger partial charge is 0.0732 e. The van der Waals surface area contributed by atoms with Crippen molar-refractivity contribution in [3.63, 3.8) is 0 Å². The van der Waals surface area contributed by atoms with Crippen LogP contribution in [-0.2, 0) is 0 Å². The molecular formula is C17H12N2. The van der Waals surface area contributed by atoms with Gasteiger partial charge in [0.2, 0.25) is 0 Å². The molecule has 4 rings (SSSR count). The van der Waals surface area contributed by atoms with Gasteiger partial charge in [0.1, 0.15) is 0 Å². The summed E-state index contributed by atoms with van der Waals surface area (Å²) >= 11 is 0. The summed E-state index contributed by atoms with van der Waals surface area (Å²) in [5.74, 6) is 0. The molecule has 0 spiro atoms. The zero-order chi connectivity index (χ0) is 12.7. The summed E-state index contributed by atoms with van der Waals surface area (Å²) < 4.78 is 2.01. The van der Waals surface area contributed by atoms with Crippen LogP contribution in [0, 0.1) is 0 Å². The second-order valence-corrected chi connectivity index (χ2v) is 4.61. The first kappa shape index (κ1) is 10.3. The third kappa shape index (κ3) is 1.54. The van der Waals surface area contributed by atoms with E-state index in [2.05, 4.69) is 59.7 Å². The van der Waals surface area contributed by atoms with Crippen LogP contribution in [0.4, 0.5) is 0 Å². The Kier molecular flexibility index (Phi) is 2.15. The van der Waals surface area contributed by atoms with Gasteiger partial charge in [-0.3, -0.25) is 0 Å². The monoisotopic (exact) mass is 244 g/mol. The SMILES string of the molecule is c1ccc(-c2ccc3c4ccccc4cnn23)cc1. The van der Waals surface area contributed by atoms with Gasteiger partial charge in [-0.25, -0.2) is 4.52 Å². The van der Waals surface area contributed by atoms with Crippen LogP contribution in [0.15, 0.2) is 72.9 Å². The van der Waals surface area contributed by atoms with Crippen molar-refractivity contribution in [3.8, 4) is 11.3 Å². The van der Waals surface area contributed by atoms with Gasteiger partial charge in [0.05, 0.1) is 17.4 Å². The predicted molar refractivity (Wildman–Crippen MR) is 78.1 cm³/mol. The number of benzene rings is 2. The molecule has 0 unspecified atom stereocenters. The van der Waals surface area contributed by atoms with Gasteiger partial charge in [-0.2, -0.15) is 5.10 Å². The molecule has 0 radical (unpaired) electrons. The second kappa shape index (κ2) is 3.95. The van der Waals surface area contributed by atoms with Crippen molar-refractivity contribution < 1.29 is 0 Å². The summed E-state index contributed by atoms with van der Waals surface area (Å²) in [5.41, 5.74) is 3.46. The fourth-order valence-electron chi connectivity index (χ4n) is 2.55. The molecule has 0 saturated heterocycles. The van der Waals surface area contributed by atoms with Gasteiger partial charge in [-0.05, 0) is 12.1 Å². The molecule has 0 bridgehead atoms. The van der Waals surface area contributed by atoms with E-state index in [1.807, 2.05) is 22.8 Å². The van der Waals surface area contributed by atoms with Crippen LogP contribution >= 0.6 is 0 Å². The van der Waals surface area contributed by atoms with Crippen molar-refractivity contribution >= 4 is 16.3 Å². The van der Waals surface area contributed by atoms with E-state index in [1.165, 1.54) is 16.3 Å². The van der Waals surface area contributed by atoms with Crippen molar-refractivity contribution in [2.24, 2.45) is 0 Å². The zero-order valence-corrected chi connectivity index (χ0v) is 10.3. The molecule has 19 heavy (non-hydrogen) atoms. The Morgan fingerprint density at radius 1 is 0.737 bits per heavy atom. The lowest BCUT2D eigenvalue weighted by molar-refractivity contribution is 0.960. The van der Waals surface area contributed by atoms with E-state index in [9.17, 15) is 0 Å². The van der Waals surface area contributed by atoms with Crippen molar-refractivity contribution in [1.82, 2.24) is 9.61 Å². The summed E-state index contributed by atoms with van der Waals surface area (Å²) in [5, 5.41) is 6.97. The lowest BCUT2D eigenvalue weighted by atomic mass is 10.2. The minimum absolute atomic E-state index is 1.13. The molecule has 0 amide bonds. The van der Waals surface area contributed by atoms with Gasteiger partial charge in [0.15, 0.2) is 0 Å². The molecule has 0 N–H and O–H groups in total. The first-order valence-electron chi connectivity index (χ1n) is 6.34. The Morgan fingerprint density at radius 3 is 2.42 bits per heavy atom. The average Bonchev–Trinajstić information content (AvgIpc) is 2.92. The Bertz CT molecular complexity index is 860. The van der Waals surface area contributed by atoms with Crippen LogP contribution in [-0.4, -0.2) is 9.61 Å². The van der Waals surface area contributed by atoms with Crippen molar-refractivity contribution in [2.75, 3.05) is 0 Å². The van der Waals surface area contributed by atoms with E-state index >= 15 is 0 Å². The fraction of sp³-hybridized carbons (Fsp3) is 0. The summed E-state index contributed by atoms with van der Waals surface area (Å²) in [6.45, 7) is 0. The van der Waals surface area contributed by atoms with Gasteiger partial charge >= 0.3 is 0 Å².